The van der Waals surface area contributed by atoms with Gasteiger partial charge in [0.05, 0.1) is 18.6 Å². The molecule has 0 aromatic heterocycles. The summed E-state index contributed by atoms with van der Waals surface area (Å²) < 4.78 is 0. The van der Waals surface area contributed by atoms with Crippen molar-refractivity contribution in [2.24, 2.45) is 5.92 Å². The van der Waals surface area contributed by atoms with Gasteiger partial charge in [-0.05, 0) is 32.7 Å². The fourth-order valence-corrected chi connectivity index (χ4v) is 2.38. The summed E-state index contributed by atoms with van der Waals surface area (Å²) in [4.78, 5) is 39.2. The van der Waals surface area contributed by atoms with E-state index in [1.165, 1.54) is 23.1 Å². The number of nitrogens with zero attached hydrogens (tertiary/aromatic N) is 2. The van der Waals surface area contributed by atoms with Crippen molar-refractivity contribution < 1.29 is 14.4 Å². The molecule has 0 aromatic rings. The van der Waals surface area contributed by atoms with Crippen LogP contribution < -0.4 is 5.32 Å². The van der Waals surface area contributed by atoms with Gasteiger partial charge in [-0.2, -0.15) is 0 Å². The number of ketones is 1. The molecule has 1 N–H and O–H groups in total. The van der Waals surface area contributed by atoms with E-state index in [0.717, 1.165) is 0 Å². The fourth-order valence-electron chi connectivity index (χ4n) is 2.38. The molecule has 0 aliphatic carbocycles. The predicted molar refractivity (Wildman–Crippen MR) is 103 cm³/mol. The highest BCUT2D eigenvalue weighted by Crippen LogP contribution is 2.12. The third-order valence-electron chi connectivity index (χ3n) is 3.83. The number of nitrogens with one attached hydrogen (secondary N) is 1. The summed E-state index contributed by atoms with van der Waals surface area (Å²) in [6.07, 6.45) is 2.54. The van der Waals surface area contributed by atoms with Gasteiger partial charge in [0, 0.05) is 14.1 Å². The monoisotopic (exact) mass is 357 g/mol. The minimum absolute atomic E-state index is 0.0185. The molecule has 0 spiro atoms. The van der Waals surface area contributed by atoms with Crippen LogP contribution in [0.1, 0.15) is 60.8 Å². The number of amides is 2. The minimum atomic E-state index is -0.428. The lowest BCUT2D eigenvalue weighted by molar-refractivity contribution is -0.143. The maximum absolute atomic E-state index is 12.3. The van der Waals surface area contributed by atoms with Crippen molar-refractivity contribution in [3.8, 4) is 0 Å². The van der Waals surface area contributed by atoms with Gasteiger partial charge < -0.3 is 15.1 Å². The van der Waals surface area contributed by atoms with Crippen LogP contribution >= 0.6 is 0 Å². The number of rotatable bonds is 9. The Morgan fingerprint density at radius 3 is 1.84 bits per heavy atom. The second kappa shape index (κ2) is 13.8. The Hall–Kier alpha value is -1.43. The minimum Gasteiger partial charge on any atom is -0.335 e. The van der Waals surface area contributed by atoms with Gasteiger partial charge in [0.1, 0.15) is 0 Å². The average Bonchev–Trinajstić information content (AvgIpc) is 2.53. The van der Waals surface area contributed by atoms with Crippen LogP contribution in [-0.4, -0.2) is 67.2 Å². The van der Waals surface area contributed by atoms with Crippen molar-refractivity contribution >= 4 is 17.6 Å². The van der Waals surface area contributed by atoms with Gasteiger partial charge in [-0.3, -0.25) is 14.4 Å². The van der Waals surface area contributed by atoms with Crippen molar-refractivity contribution in [3.05, 3.63) is 0 Å². The molecular weight excluding hydrogens is 318 g/mol. The first-order valence-electron chi connectivity index (χ1n) is 9.25. The molecule has 0 saturated carbocycles. The molecule has 0 unspecified atom stereocenters. The Morgan fingerprint density at radius 1 is 1.04 bits per heavy atom. The van der Waals surface area contributed by atoms with Gasteiger partial charge >= 0.3 is 0 Å². The molecule has 0 aliphatic heterocycles. The van der Waals surface area contributed by atoms with Crippen LogP contribution in [-0.2, 0) is 14.4 Å². The Morgan fingerprint density at radius 2 is 1.52 bits per heavy atom. The van der Waals surface area contributed by atoms with Crippen LogP contribution in [0.2, 0.25) is 0 Å². The third kappa shape index (κ3) is 10.2. The number of carbonyl (C=O) groups excluding carboxylic acids is 3. The summed E-state index contributed by atoms with van der Waals surface area (Å²) >= 11 is 0. The van der Waals surface area contributed by atoms with E-state index in [-0.39, 0.29) is 30.2 Å². The highest BCUT2D eigenvalue weighted by Gasteiger charge is 2.27. The van der Waals surface area contributed by atoms with E-state index in [2.05, 4.69) is 19.2 Å². The second-order valence-electron chi connectivity index (χ2n) is 6.91. The molecule has 0 aromatic carbocycles. The molecule has 6 heteroatoms. The van der Waals surface area contributed by atoms with E-state index in [0.29, 0.717) is 18.8 Å². The molecule has 148 valence electrons. The lowest BCUT2D eigenvalue weighted by atomic mass is 9.99. The fraction of sp³-hybridized carbons (Fsp3) is 0.842. The van der Waals surface area contributed by atoms with Crippen LogP contribution in [0.4, 0.5) is 0 Å². The Bertz CT molecular complexity index is 407. The maximum Gasteiger partial charge on any atom is 0.242 e. The first kappa shape index (κ1) is 25.8. The van der Waals surface area contributed by atoms with Gasteiger partial charge in [-0.15, -0.1) is 0 Å². The first-order chi connectivity index (χ1) is 11.6. The van der Waals surface area contributed by atoms with Gasteiger partial charge in [0.15, 0.2) is 5.78 Å². The standard InChI is InChI=1S/C16H31N3O3.C3H8/c1-8-13(17-5)16(22)18(6)10-15(21)19(7)14(12(4)20)9-11(2)3;1-3-2/h11,13-14,17H,8-10H2,1-7H3;3H2,1-2H3/t13-,14-;/m0./s1. The summed E-state index contributed by atoms with van der Waals surface area (Å²) in [6.45, 7) is 11.7. The molecule has 0 saturated heterocycles. The zero-order valence-corrected chi connectivity index (χ0v) is 17.7. The number of hydrogen-bond acceptors (Lipinski definition) is 4. The molecular formula is C19H39N3O3. The van der Waals surface area contributed by atoms with E-state index in [9.17, 15) is 14.4 Å². The average molecular weight is 358 g/mol. The van der Waals surface area contributed by atoms with Gasteiger partial charge in [0.25, 0.3) is 0 Å². The molecule has 2 amide bonds. The smallest absolute Gasteiger partial charge is 0.242 e. The van der Waals surface area contributed by atoms with Crippen molar-refractivity contribution in [1.29, 1.82) is 0 Å². The van der Waals surface area contributed by atoms with Crippen LogP contribution in [0.15, 0.2) is 0 Å². The van der Waals surface area contributed by atoms with Crippen molar-refractivity contribution in [3.63, 3.8) is 0 Å². The maximum atomic E-state index is 12.3. The predicted octanol–water partition coefficient (Wildman–Crippen LogP) is 2.32. The van der Waals surface area contributed by atoms with E-state index < -0.39 is 6.04 Å². The number of likely N-dealkylation sites (N-methyl/N-ethyl adjacent to an activating group) is 3. The lowest BCUT2D eigenvalue weighted by Gasteiger charge is -2.30. The summed E-state index contributed by atoms with van der Waals surface area (Å²) in [7, 11) is 4.96. The Balaban J connectivity index is 0. The first-order valence-corrected chi connectivity index (χ1v) is 9.25. The van der Waals surface area contributed by atoms with E-state index >= 15 is 0 Å². The molecule has 6 nitrogen and oxygen atoms in total. The highest BCUT2D eigenvalue weighted by atomic mass is 16.2. The third-order valence-corrected chi connectivity index (χ3v) is 3.83. The Kier molecular flexibility index (Phi) is 14.3. The van der Waals surface area contributed by atoms with Crippen molar-refractivity contribution in [2.45, 2.75) is 72.9 Å². The number of carbonyl (C=O) groups is 3. The van der Waals surface area contributed by atoms with Gasteiger partial charge in [0.2, 0.25) is 11.8 Å². The normalized spacial score (nSPS) is 12.7. The van der Waals surface area contributed by atoms with Gasteiger partial charge in [-0.1, -0.05) is 41.0 Å². The molecule has 0 aliphatic rings. The van der Waals surface area contributed by atoms with Crippen LogP contribution in [0.25, 0.3) is 0 Å². The topological polar surface area (TPSA) is 69.7 Å². The number of hydrogen-bond donors (Lipinski definition) is 1. The van der Waals surface area contributed by atoms with Crippen LogP contribution in [0, 0.1) is 5.92 Å². The zero-order chi connectivity index (χ0) is 20.2. The molecule has 25 heavy (non-hydrogen) atoms. The molecule has 0 radical (unpaired) electrons. The molecule has 0 rings (SSSR count). The van der Waals surface area contributed by atoms with E-state index in [4.69, 9.17) is 0 Å². The zero-order valence-electron chi connectivity index (χ0n) is 17.7. The molecule has 0 fully saturated rings. The van der Waals surface area contributed by atoms with Crippen LogP contribution in [0.5, 0.6) is 0 Å². The summed E-state index contributed by atoms with van der Waals surface area (Å²) in [6, 6.07) is -0.718. The van der Waals surface area contributed by atoms with Crippen molar-refractivity contribution in [1.82, 2.24) is 15.1 Å². The molecule has 2 atom stereocenters. The largest absolute Gasteiger partial charge is 0.335 e. The Labute approximate surface area is 154 Å². The number of Topliss-reactive ketones (excluding diaryl/α,β-unsaturated/α-hetero) is 1. The van der Waals surface area contributed by atoms with E-state index in [1.54, 1.807) is 21.1 Å². The van der Waals surface area contributed by atoms with E-state index in [1.807, 2.05) is 20.8 Å². The summed E-state index contributed by atoms with van der Waals surface area (Å²) in [5.41, 5.74) is 0. The highest BCUT2D eigenvalue weighted by molar-refractivity contribution is 5.90. The van der Waals surface area contributed by atoms with Crippen molar-refractivity contribution in [2.75, 3.05) is 27.7 Å². The summed E-state index contributed by atoms with van der Waals surface area (Å²) in [5.74, 6) is -0.0462. The second-order valence-corrected chi connectivity index (χ2v) is 6.91. The van der Waals surface area contributed by atoms with Gasteiger partial charge in [-0.25, -0.2) is 0 Å². The molecule has 0 heterocycles. The van der Waals surface area contributed by atoms with Crippen LogP contribution in [0.3, 0.4) is 0 Å². The lowest BCUT2D eigenvalue weighted by Crippen LogP contribution is -2.50. The SMILES string of the molecule is CCC.CC[C@H](NC)C(=O)N(C)CC(=O)N(C)[C@@H](CC(C)C)C(C)=O. The summed E-state index contributed by atoms with van der Waals surface area (Å²) in [5, 5.41) is 2.93. The molecule has 0 bridgehead atoms. The quantitative estimate of drug-likeness (QED) is 0.687.